The van der Waals surface area contributed by atoms with Crippen molar-refractivity contribution in [3.8, 4) is 0 Å². The van der Waals surface area contributed by atoms with Crippen LogP contribution in [0.5, 0.6) is 0 Å². The summed E-state index contributed by atoms with van der Waals surface area (Å²) in [7, 11) is -4.02. The topological polar surface area (TPSA) is 156 Å². The first-order valence-corrected chi connectivity index (χ1v) is 9.83. The SMILES string of the molecule is CC(C)(C)c1nc2c(N[C@@H]3C[C@@H](COS(N)(=O)=O)[C@@H](O)C3)ncnc2[nH]1. The smallest absolute Gasteiger partial charge is 0.333 e. The normalized spacial score (nSPS) is 24.3. The lowest BCUT2D eigenvalue weighted by Gasteiger charge is -2.14. The quantitative estimate of drug-likeness (QED) is 0.578. The number of nitrogens with one attached hydrogen (secondary N) is 2. The molecular formula is C15H24N6O4S. The zero-order valence-electron chi connectivity index (χ0n) is 14.9. The number of nitrogens with two attached hydrogens (primary N) is 1. The molecule has 0 unspecified atom stereocenters. The number of aromatic nitrogens is 4. The second kappa shape index (κ2) is 6.72. The molecule has 26 heavy (non-hydrogen) atoms. The molecule has 0 bridgehead atoms. The summed E-state index contributed by atoms with van der Waals surface area (Å²) in [6.45, 7) is 6.01. The fourth-order valence-corrected chi connectivity index (χ4v) is 3.43. The van der Waals surface area contributed by atoms with Crippen molar-refractivity contribution in [2.24, 2.45) is 11.1 Å². The number of aromatic amines is 1. The Hall–Kier alpha value is -1.82. The maximum absolute atomic E-state index is 10.9. The molecule has 5 N–H and O–H groups in total. The summed E-state index contributed by atoms with van der Waals surface area (Å²) in [6, 6.07) is -0.0908. The van der Waals surface area contributed by atoms with E-state index < -0.39 is 16.4 Å². The number of hydrogen-bond acceptors (Lipinski definition) is 8. The fraction of sp³-hybridized carbons (Fsp3) is 0.667. The van der Waals surface area contributed by atoms with Gasteiger partial charge in [-0.2, -0.15) is 8.42 Å². The van der Waals surface area contributed by atoms with Gasteiger partial charge in [-0.25, -0.2) is 20.1 Å². The summed E-state index contributed by atoms with van der Waals surface area (Å²) in [4.78, 5) is 16.3. The van der Waals surface area contributed by atoms with Gasteiger partial charge in [-0.3, -0.25) is 4.18 Å². The predicted molar refractivity (Wildman–Crippen MR) is 95.6 cm³/mol. The van der Waals surface area contributed by atoms with Crippen LogP contribution in [0.25, 0.3) is 11.2 Å². The summed E-state index contributed by atoms with van der Waals surface area (Å²) < 4.78 is 26.5. The van der Waals surface area contributed by atoms with Gasteiger partial charge in [0.15, 0.2) is 17.0 Å². The summed E-state index contributed by atoms with van der Waals surface area (Å²) in [5.74, 6) is 1.06. The average molecular weight is 384 g/mol. The van der Waals surface area contributed by atoms with Crippen molar-refractivity contribution in [3.05, 3.63) is 12.2 Å². The Morgan fingerprint density at radius 3 is 2.77 bits per heavy atom. The molecule has 1 saturated carbocycles. The molecule has 2 aromatic heterocycles. The molecule has 0 radical (unpaired) electrons. The minimum atomic E-state index is -4.02. The third-order valence-electron chi connectivity index (χ3n) is 4.44. The molecule has 2 heterocycles. The lowest BCUT2D eigenvalue weighted by molar-refractivity contribution is 0.101. The molecular weight excluding hydrogens is 360 g/mol. The number of aliphatic hydroxyl groups is 1. The Labute approximate surface area is 151 Å². The van der Waals surface area contributed by atoms with Crippen LogP contribution < -0.4 is 10.5 Å². The van der Waals surface area contributed by atoms with Crippen molar-refractivity contribution in [3.63, 3.8) is 0 Å². The molecule has 0 aliphatic heterocycles. The van der Waals surface area contributed by atoms with Crippen LogP contribution in [0.2, 0.25) is 0 Å². The van der Waals surface area contributed by atoms with Gasteiger partial charge in [0.1, 0.15) is 12.2 Å². The standard InChI is InChI=1S/C15H24N6O4S/c1-15(2,3)14-20-11-12(17-7-18-13(11)21-14)19-9-4-8(10(22)5-9)6-25-26(16,23)24/h7-10,22H,4-6H2,1-3H3,(H2,16,23,24)(H2,17,18,19,20,21)/t8-,9+,10-/m0/s1. The highest BCUT2D eigenvalue weighted by atomic mass is 32.2. The third-order valence-corrected chi connectivity index (χ3v) is 4.90. The van der Waals surface area contributed by atoms with E-state index in [1.165, 1.54) is 6.33 Å². The maximum Gasteiger partial charge on any atom is 0.333 e. The van der Waals surface area contributed by atoms with Crippen LogP contribution >= 0.6 is 0 Å². The molecule has 1 fully saturated rings. The number of anilines is 1. The van der Waals surface area contributed by atoms with Crippen LogP contribution in [0.3, 0.4) is 0 Å². The Kier molecular flexibility index (Phi) is 4.90. The van der Waals surface area contributed by atoms with Crippen molar-refractivity contribution in [2.45, 2.75) is 51.2 Å². The van der Waals surface area contributed by atoms with Gasteiger partial charge < -0.3 is 15.4 Å². The predicted octanol–water partition coefficient (Wildman–Crippen LogP) is 0.422. The summed E-state index contributed by atoms with van der Waals surface area (Å²) in [5, 5.41) is 18.3. The minimum absolute atomic E-state index is 0.0908. The van der Waals surface area contributed by atoms with Gasteiger partial charge >= 0.3 is 10.3 Å². The van der Waals surface area contributed by atoms with Crippen molar-refractivity contribution in [2.75, 3.05) is 11.9 Å². The number of H-pyrrole nitrogens is 1. The van der Waals surface area contributed by atoms with E-state index in [-0.39, 0.29) is 24.0 Å². The Bertz CT molecular complexity index is 891. The van der Waals surface area contributed by atoms with Gasteiger partial charge in [-0.15, -0.1) is 0 Å². The zero-order chi connectivity index (χ0) is 19.1. The van der Waals surface area contributed by atoms with E-state index in [0.29, 0.717) is 29.8 Å². The number of fused-ring (bicyclic) bond motifs is 1. The largest absolute Gasteiger partial charge is 0.393 e. The molecule has 3 rings (SSSR count). The monoisotopic (exact) mass is 384 g/mol. The Morgan fingerprint density at radius 2 is 2.12 bits per heavy atom. The molecule has 2 aromatic rings. The summed E-state index contributed by atoms with van der Waals surface area (Å²) >= 11 is 0. The lowest BCUT2D eigenvalue weighted by Crippen LogP contribution is -2.24. The number of nitrogens with zero attached hydrogens (tertiary/aromatic N) is 3. The van der Waals surface area contributed by atoms with E-state index in [1.807, 2.05) is 0 Å². The number of imidazole rings is 1. The fourth-order valence-electron chi connectivity index (χ4n) is 3.06. The Morgan fingerprint density at radius 1 is 1.38 bits per heavy atom. The first-order valence-electron chi connectivity index (χ1n) is 8.36. The lowest BCUT2D eigenvalue weighted by atomic mass is 9.96. The average Bonchev–Trinajstić information content (AvgIpc) is 3.08. The molecule has 0 amide bonds. The highest BCUT2D eigenvalue weighted by Gasteiger charge is 2.34. The minimum Gasteiger partial charge on any atom is -0.393 e. The van der Waals surface area contributed by atoms with Crippen molar-refractivity contribution < 1.29 is 17.7 Å². The van der Waals surface area contributed by atoms with Crippen LogP contribution in [0.1, 0.15) is 39.4 Å². The van der Waals surface area contributed by atoms with E-state index in [4.69, 9.17) is 5.14 Å². The summed E-state index contributed by atoms with van der Waals surface area (Å²) in [6.07, 6.45) is 1.73. The third kappa shape index (κ3) is 4.29. The Balaban J connectivity index is 1.74. The van der Waals surface area contributed by atoms with Crippen LogP contribution in [-0.4, -0.2) is 52.2 Å². The van der Waals surface area contributed by atoms with E-state index in [1.54, 1.807) is 0 Å². The molecule has 144 valence electrons. The van der Waals surface area contributed by atoms with E-state index in [2.05, 4.69) is 50.2 Å². The highest BCUT2D eigenvalue weighted by molar-refractivity contribution is 7.84. The summed E-state index contributed by atoms with van der Waals surface area (Å²) in [5.41, 5.74) is 1.12. The van der Waals surface area contributed by atoms with Gasteiger partial charge in [0.05, 0.1) is 12.7 Å². The first kappa shape index (κ1) is 19.0. The second-order valence-corrected chi connectivity index (χ2v) is 8.89. The van der Waals surface area contributed by atoms with Crippen molar-refractivity contribution in [1.29, 1.82) is 0 Å². The highest BCUT2D eigenvalue weighted by Crippen LogP contribution is 2.31. The van der Waals surface area contributed by atoms with Crippen LogP contribution in [0.4, 0.5) is 5.82 Å². The van der Waals surface area contributed by atoms with Gasteiger partial charge in [-0.05, 0) is 12.8 Å². The molecule has 1 aliphatic carbocycles. The van der Waals surface area contributed by atoms with E-state index in [9.17, 15) is 13.5 Å². The molecule has 0 spiro atoms. The van der Waals surface area contributed by atoms with Gasteiger partial charge in [-0.1, -0.05) is 20.8 Å². The molecule has 1 aliphatic rings. The first-order chi connectivity index (χ1) is 12.0. The van der Waals surface area contributed by atoms with Crippen LogP contribution in [-0.2, 0) is 19.9 Å². The van der Waals surface area contributed by atoms with E-state index in [0.717, 1.165) is 5.82 Å². The second-order valence-electron chi connectivity index (χ2n) is 7.67. The number of rotatable bonds is 5. The van der Waals surface area contributed by atoms with Gasteiger partial charge in [0, 0.05) is 17.4 Å². The molecule has 3 atom stereocenters. The van der Waals surface area contributed by atoms with Crippen molar-refractivity contribution >= 4 is 27.3 Å². The molecule has 0 saturated heterocycles. The van der Waals surface area contributed by atoms with Crippen molar-refractivity contribution in [1.82, 2.24) is 19.9 Å². The van der Waals surface area contributed by atoms with Crippen LogP contribution in [0.15, 0.2) is 6.33 Å². The van der Waals surface area contributed by atoms with E-state index >= 15 is 0 Å². The molecule has 11 heteroatoms. The number of hydrogen-bond donors (Lipinski definition) is 4. The number of aliphatic hydroxyl groups excluding tert-OH is 1. The maximum atomic E-state index is 10.9. The van der Waals surface area contributed by atoms with Gasteiger partial charge in [0.25, 0.3) is 0 Å². The van der Waals surface area contributed by atoms with Gasteiger partial charge in [0.2, 0.25) is 0 Å². The van der Waals surface area contributed by atoms with Crippen LogP contribution in [0, 0.1) is 5.92 Å². The molecule has 10 nitrogen and oxygen atoms in total. The zero-order valence-corrected chi connectivity index (χ0v) is 15.7. The molecule has 0 aromatic carbocycles.